The quantitative estimate of drug-likeness (QED) is 0.773. The molecule has 0 radical (unpaired) electrons. The minimum Gasteiger partial charge on any atom is -0.319 e. The Morgan fingerprint density at radius 3 is 2.94 bits per heavy atom. The first kappa shape index (κ1) is 11.8. The fourth-order valence-electron chi connectivity index (χ4n) is 1.54. The number of nitrogens with one attached hydrogen (secondary N) is 1. The summed E-state index contributed by atoms with van der Waals surface area (Å²) in [4.78, 5) is 12.7. The Morgan fingerprint density at radius 1 is 1.28 bits per heavy atom. The predicted molar refractivity (Wildman–Crippen MR) is 77.4 cm³/mol. The van der Waals surface area contributed by atoms with Gasteiger partial charge in [0, 0.05) is 4.47 Å². The summed E-state index contributed by atoms with van der Waals surface area (Å²) in [6.45, 7) is 0. The van der Waals surface area contributed by atoms with Gasteiger partial charge in [-0.05, 0) is 39.5 Å². The molecule has 0 saturated carbocycles. The zero-order valence-corrected chi connectivity index (χ0v) is 12.1. The van der Waals surface area contributed by atoms with Gasteiger partial charge < -0.3 is 5.32 Å². The average Bonchev–Trinajstić information content (AvgIpc) is 2.97. The van der Waals surface area contributed by atoms with Gasteiger partial charge in [-0.15, -0.1) is 11.3 Å². The number of anilines is 1. The van der Waals surface area contributed by atoms with Crippen LogP contribution in [0.3, 0.4) is 0 Å². The summed E-state index contributed by atoms with van der Waals surface area (Å²) in [5.74, 6) is -0.141. The predicted octanol–water partition coefficient (Wildman–Crippen LogP) is 3.77. The topological polar surface area (TPSA) is 54.9 Å². The van der Waals surface area contributed by atoms with E-state index >= 15 is 0 Å². The molecule has 0 bridgehead atoms. The number of carbonyl (C=O) groups is 1. The maximum Gasteiger partial charge on any atom is 0.266 e. The maximum atomic E-state index is 12.1. The highest BCUT2D eigenvalue weighted by molar-refractivity contribution is 9.10. The average molecular weight is 340 g/mol. The summed E-state index contributed by atoms with van der Waals surface area (Å²) in [6, 6.07) is 7.39. The molecule has 0 saturated heterocycles. The Morgan fingerprint density at radius 2 is 2.17 bits per heavy atom. The standard InChI is InChI=1S/C11H6BrN3OS2/c12-6-4-5-17-10(6)11(16)13-7-2-1-3-8-9(7)15-18-14-8/h1-5H,(H,13,16). The molecular weight excluding hydrogens is 334 g/mol. The van der Waals surface area contributed by atoms with E-state index in [1.54, 1.807) is 0 Å². The lowest BCUT2D eigenvalue weighted by atomic mass is 10.2. The first-order chi connectivity index (χ1) is 8.75. The third kappa shape index (κ3) is 2.05. The van der Waals surface area contributed by atoms with Crippen LogP contribution < -0.4 is 5.32 Å². The van der Waals surface area contributed by atoms with E-state index in [9.17, 15) is 4.79 Å². The zero-order valence-electron chi connectivity index (χ0n) is 8.88. The molecule has 3 aromatic rings. The molecule has 0 aliphatic rings. The van der Waals surface area contributed by atoms with Crippen LogP contribution >= 0.6 is 39.0 Å². The highest BCUT2D eigenvalue weighted by Gasteiger charge is 2.13. The Kier molecular flexibility index (Phi) is 3.11. The highest BCUT2D eigenvalue weighted by atomic mass is 79.9. The second kappa shape index (κ2) is 4.75. The molecule has 4 nitrogen and oxygen atoms in total. The minimum absolute atomic E-state index is 0.141. The molecule has 18 heavy (non-hydrogen) atoms. The van der Waals surface area contributed by atoms with Gasteiger partial charge in [0.15, 0.2) is 0 Å². The van der Waals surface area contributed by atoms with Crippen molar-refractivity contribution in [3.05, 3.63) is 39.0 Å². The van der Waals surface area contributed by atoms with Gasteiger partial charge in [0.25, 0.3) is 5.91 Å². The Hall–Kier alpha value is -1.31. The molecule has 1 N–H and O–H groups in total. The Labute approximate surface area is 119 Å². The van der Waals surface area contributed by atoms with Crippen molar-refractivity contribution in [3.8, 4) is 0 Å². The fraction of sp³-hybridized carbons (Fsp3) is 0. The van der Waals surface area contributed by atoms with Gasteiger partial charge in [0.2, 0.25) is 0 Å². The third-order valence-corrected chi connectivity index (χ3v) is 4.74. The van der Waals surface area contributed by atoms with Crippen LogP contribution in [0.1, 0.15) is 9.67 Å². The number of hydrogen-bond donors (Lipinski definition) is 1. The Bertz CT molecular complexity index is 722. The number of rotatable bonds is 2. The van der Waals surface area contributed by atoms with Crippen molar-refractivity contribution >= 4 is 61.6 Å². The lowest BCUT2D eigenvalue weighted by Crippen LogP contribution is -2.10. The van der Waals surface area contributed by atoms with E-state index < -0.39 is 0 Å². The van der Waals surface area contributed by atoms with Crippen LogP contribution in [0.15, 0.2) is 34.1 Å². The SMILES string of the molecule is O=C(Nc1cccc2nsnc12)c1sccc1Br. The van der Waals surface area contributed by atoms with Crippen molar-refractivity contribution < 1.29 is 4.79 Å². The van der Waals surface area contributed by atoms with Crippen LogP contribution in [-0.4, -0.2) is 14.7 Å². The van der Waals surface area contributed by atoms with E-state index in [4.69, 9.17) is 0 Å². The first-order valence-corrected chi connectivity index (χ1v) is 7.41. The number of carbonyl (C=O) groups excluding carboxylic acids is 1. The normalized spacial score (nSPS) is 10.7. The lowest BCUT2D eigenvalue weighted by molar-refractivity contribution is 0.103. The number of benzene rings is 1. The van der Waals surface area contributed by atoms with Crippen molar-refractivity contribution in [2.75, 3.05) is 5.32 Å². The molecule has 0 fully saturated rings. The molecule has 3 rings (SSSR count). The molecule has 0 spiro atoms. The number of thiophene rings is 1. The van der Waals surface area contributed by atoms with Crippen LogP contribution in [0, 0.1) is 0 Å². The summed E-state index contributed by atoms with van der Waals surface area (Å²) < 4.78 is 9.12. The molecule has 2 heterocycles. The van der Waals surface area contributed by atoms with Crippen LogP contribution in [0.4, 0.5) is 5.69 Å². The van der Waals surface area contributed by atoms with E-state index in [1.807, 2.05) is 29.6 Å². The number of aromatic nitrogens is 2. The number of nitrogens with zero attached hydrogens (tertiary/aromatic N) is 2. The van der Waals surface area contributed by atoms with E-state index in [1.165, 1.54) is 11.3 Å². The van der Waals surface area contributed by atoms with Crippen molar-refractivity contribution in [1.29, 1.82) is 0 Å². The minimum atomic E-state index is -0.141. The molecule has 1 amide bonds. The molecule has 2 aromatic heterocycles. The number of halogens is 1. The number of hydrogen-bond acceptors (Lipinski definition) is 5. The molecule has 0 unspecified atom stereocenters. The molecule has 1 aromatic carbocycles. The fourth-order valence-corrected chi connectivity index (χ4v) is 3.54. The van der Waals surface area contributed by atoms with Crippen LogP contribution in [0.25, 0.3) is 11.0 Å². The summed E-state index contributed by atoms with van der Waals surface area (Å²) in [5, 5.41) is 4.72. The van der Waals surface area contributed by atoms with Gasteiger partial charge in [-0.25, -0.2) is 0 Å². The number of fused-ring (bicyclic) bond motifs is 1. The molecule has 0 aliphatic carbocycles. The van der Waals surface area contributed by atoms with Gasteiger partial charge in [0.05, 0.1) is 17.4 Å². The van der Waals surface area contributed by atoms with Crippen molar-refractivity contribution in [2.45, 2.75) is 0 Å². The molecule has 7 heteroatoms. The third-order valence-electron chi connectivity index (χ3n) is 2.36. The zero-order chi connectivity index (χ0) is 12.5. The molecule has 0 aliphatic heterocycles. The smallest absolute Gasteiger partial charge is 0.266 e. The van der Waals surface area contributed by atoms with Gasteiger partial charge in [-0.3, -0.25) is 4.79 Å². The monoisotopic (exact) mass is 339 g/mol. The second-order valence-corrected chi connectivity index (χ2v) is 5.79. The second-order valence-electron chi connectivity index (χ2n) is 3.49. The van der Waals surface area contributed by atoms with E-state index in [0.717, 1.165) is 27.2 Å². The van der Waals surface area contributed by atoms with E-state index in [-0.39, 0.29) is 5.91 Å². The summed E-state index contributed by atoms with van der Waals surface area (Å²) in [7, 11) is 0. The van der Waals surface area contributed by atoms with Crippen LogP contribution in [0.5, 0.6) is 0 Å². The van der Waals surface area contributed by atoms with E-state index in [2.05, 4.69) is 30.0 Å². The van der Waals surface area contributed by atoms with Gasteiger partial charge in [-0.2, -0.15) is 8.75 Å². The maximum absolute atomic E-state index is 12.1. The molecule has 0 atom stereocenters. The van der Waals surface area contributed by atoms with E-state index in [0.29, 0.717) is 10.6 Å². The summed E-state index contributed by atoms with van der Waals surface area (Å²) in [6.07, 6.45) is 0. The van der Waals surface area contributed by atoms with Crippen molar-refractivity contribution in [2.24, 2.45) is 0 Å². The van der Waals surface area contributed by atoms with Gasteiger partial charge in [-0.1, -0.05) is 6.07 Å². The molecule has 90 valence electrons. The lowest BCUT2D eigenvalue weighted by Gasteiger charge is -2.04. The summed E-state index contributed by atoms with van der Waals surface area (Å²) >= 11 is 5.87. The Balaban J connectivity index is 1.95. The molecular formula is C11H6BrN3OS2. The first-order valence-electron chi connectivity index (χ1n) is 5.01. The largest absolute Gasteiger partial charge is 0.319 e. The van der Waals surface area contributed by atoms with Crippen LogP contribution in [-0.2, 0) is 0 Å². The number of amides is 1. The summed E-state index contributed by atoms with van der Waals surface area (Å²) in [5.41, 5.74) is 2.21. The van der Waals surface area contributed by atoms with Gasteiger partial charge in [0.1, 0.15) is 15.9 Å². The van der Waals surface area contributed by atoms with Crippen molar-refractivity contribution in [1.82, 2.24) is 8.75 Å². The van der Waals surface area contributed by atoms with Crippen molar-refractivity contribution in [3.63, 3.8) is 0 Å². The van der Waals surface area contributed by atoms with Crippen LogP contribution in [0.2, 0.25) is 0 Å². The highest BCUT2D eigenvalue weighted by Crippen LogP contribution is 2.26. The van der Waals surface area contributed by atoms with Gasteiger partial charge >= 0.3 is 0 Å².